The predicted molar refractivity (Wildman–Crippen MR) is 102 cm³/mol. The molecule has 0 saturated carbocycles. The van der Waals surface area contributed by atoms with Crippen LogP contribution >= 0.6 is 11.6 Å². The van der Waals surface area contributed by atoms with E-state index >= 15 is 0 Å². The highest BCUT2D eigenvalue weighted by molar-refractivity contribution is 6.30. The van der Waals surface area contributed by atoms with Crippen molar-refractivity contribution >= 4 is 17.6 Å². The minimum absolute atomic E-state index is 0.0212. The summed E-state index contributed by atoms with van der Waals surface area (Å²) in [6, 6.07) is 7.95. The van der Waals surface area contributed by atoms with Crippen LogP contribution in [-0.2, 0) is 6.42 Å². The summed E-state index contributed by atoms with van der Waals surface area (Å²) in [6.45, 7) is 6.99. The van der Waals surface area contributed by atoms with Crippen LogP contribution in [0.4, 0.5) is 4.39 Å². The zero-order valence-electron chi connectivity index (χ0n) is 14.6. The maximum absolute atomic E-state index is 13.5. The average Bonchev–Trinajstić information content (AvgIpc) is 3.12. The molecule has 0 saturated heterocycles. The topological polar surface area (TPSA) is 69.8 Å². The zero-order valence-corrected chi connectivity index (χ0v) is 15.4. The monoisotopic (exact) mass is 379 g/mol. The van der Waals surface area contributed by atoms with E-state index in [1.165, 1.54) is 12.1 Å². The van der Waals surface area contributed by atoms with Crippen molar-refractivity contribution in [3.63, 3.8) is 0 Å². The first kappa shape index (κ1) is 20.0. The van der Waals surface area contributed by atoms with Crippen LogP contribution in [0.3, 0.4) is 0 Å². The fourth-order valence-electron chi connectivity index (χ4n) is 2.17. The average molecular weight is 380 g/mol. The summed E-state index contributed by atoms with van der Waals surface area (Å²) >= 11 is 5.66. The second-order valence-corrected chi connectivity index (χ2v) is 6.35. The van der Waals surface area contributed by atoms with E-state index in [4.69, 9.17) is 16.0 Å². The first-order valence-corrected chi connectivity index (χ1v) is 8.65. The van der Waals surface area contributed by atoms with Crippen molar-refractivity contribution in [1.82, 2.24) is 10.6 Å². The molecule has 7 heteroatoms. The van der Waals surface area contributed by atoms with Crippen molar-refractivity contribution in [2.45, 2.75) is 19.4 Å². The number of nitrogens with zero attached hydrogens (tertiary/aromatic N) is 1. The van der Waals surface area contributed by atoms with E-state index in [0.29, 0.717) is 31.0 Å². The molecule has 1 aromatic carbocycles. The van der Waals surface area contributed by atoms with Gasteiger partial charge in [0.05, 0.1) is 23.9 Å². The van der Waals surface area contributed by atoms with Gasteiger partial charge in [0.25, 0.3) is 0 Å². The van der Waals surface area contributed by atoms with E-state index in [1.54, 1.807) is 12.3 Å². The summed E-state index contributed by atoms with van der Waals surface area (Å²) in [5.41, 5.74) is 1.37. The smallest absolute Gasteiger partial charge is 0.191 e. The number of aliphatic hydroxyl groups excluding tert-OH is 1. The number of guanidine groups is 1. The molecule has 0 aliphatic carbocycles. The summed E-state index contributed by atoms with van der Waals surface area (Å²) in [5.74, 6) is 0.839. The number of benzene rings is 1. The highest BCUT2D eigenvalue weighted by atomic mass is 35.5. The molecule has 1 atom stereocenters. The van der Waals surface area contributed by atoms with Crippen LogP contribution in [0, 0.1) is 5.82 Å². The number of rotatable bonds is 8. The number of hydrogen-bond acceptors (Lipinski definition) is 3. The fraction of sp³-hybridized carbons (Fsp3) is 0.316. The van der Waals surface area contributed by atoms with Gasteiger partial charge in [-0.05, 0) is 36.8 Å². The Morgan fingerprint density at radius 2 is 2.19 bits per heavy atom. The molecule has 0 spiro atoms. The van der Waals surface area contributed by atoms with Gasteiger partial charge in [0.15, 0.2) is 5.96 Å². The van der Waals surface area contributed by atoms with E-state index in [0.717, 1.165) is 11.3 Å². The Kier molecular flexibility index (Phi) is 7.69. The molecule has 0 aliphatic rings. The van der Waals surface area contributed by atoms with Crippen LogP contribution in [-0.4, -0.2) is 30.7 Å². The molecule has 0 amide bonds. The Bertz CT molecular complexity index is 747. The zero-order chi connectivity index (χ0) is 18.9. The molecule has 2 rings (SSSR count). The molecule has 5 nitrogen and oxygen atoms in total. The number of aliphatic hydroxyl groups is 1. The molecule has 0 radical (unpaired) electrons. The fourth-order valence-corrected chi connectivity index (χ4v) is 2.29. The Labute approximate surface area is 157 Å². The molecule has 2 aromatic rings. The van der Waals surface area contributed by atoms with E-state index in [9.17, 15) is 9.50 Å². The molecular formula is C19H23ClFN3O2. The van der Waals surface area contributed by atoms with Gasteiger partial charge in [-0.25, -0.2) is 4.39 Å². The highest BCUT2D eigenvalue weighted by Crippen LogP contribution is 2.20. The van der Waals surface area contributed by atoms with Crippen molar-refractivity contribution in [1.29, 1.82) is 0 Å². The summed E-state index contributed by atoms with van der Waals surface area (Å²) in [7, 11) is 0. The molecule has 1 heterocycles. The normalized spacial score (nSPS) is 12.7. The maximum atomic E-state index is 13.5. The highest BCUT2D eigenvalue weighted by Gasteiger charge is 2.10. The standard InChI is InChI=1S/C19H23ClFN3O2/c1-13(2)11-23-19(22-8-7-15-4-3-9-26-15)24-12-18(25)14-5-6-16(20)17(21)10-14/h3-6,9-10,18,25H,1,7-8,11-12H2,2H3,(H2,22,23,24). The Balaban J connectivity index is 1.95. The van der Waals surface area contributed by atoms with Crippen molar-refractivity contribution in [3.8, 4) is 0 Å². The second-order valence-electron chi connectivity index (χ2n) is 5.95. The van der Waals surface area contributed by atoms with Gasteiger partial charge in [-0.3, -0.25) is 4.99 Å². The van der Waals surface area contributed by atoms with Crippen LogP contribution in [0.25, 0.3) is 0 Å². The van der Waals surface area contributed by atoms with Gasteiger partial charge in [-0.15, -0.1) is 0 Å². The minimum atomic E-state index is -0.935. The number of halogens is 2. The van der Waals surface area contributed by atoms with Crippen molar-refractivity contribution in [2.75, 3.05) is 19.6 Å². The van der Waals surface area contributed by atoms with Crippen LogP contribution in [0.5, 0.6) is 0 Å². The lowest BCUT2D eigenvalue weighted by molar-refractivity contribution is 0.186. The van der Waals surface area contributed by atoms with Gasteiger partial charge in [0.1, 0.15) is 11.6 Å². The lowest BCUT2D eigenvalue weighted by Crippen LogP contribution is -2.39. The van der Waals surface area contributed by atoms with E-state index in [1.807, 2.05) is 19.1 Å². The molecule has 1 aromatic heterocycles. The summed E-state index contributed by atoms with van der Waals surface area (Å²) in [4.78, 5) is 4.36. The largest absolute Gasteiger partial charge is 0.469 e. The third kappa shape index (κ3) is 6.54. The Morgan fingerprint density at radius 3 is 2.85 bits per heavy atom. The molecule has 26 heavy (non-hydrogen) atoms. The predicted octanol–water partition coefficient (Wildman–Crippen LogP) is 3.46. The Hall–Kier alpha value is -2.31. The van der Waals surface area contributed by atoms with Crippen molar-refractivity contribution in [2.24, 2.45) is 4.99 Å². The molecular weight excluding hydrogens is 357 g/mol. The van der Waals surface area contributed by atoms with Gasteiger partial charge in [-0.1, -0.05) is 29.8 Å². The summed E-state index contributed by atoms with van der Waals surface area (Å²) in [6.07, 6.45) is 1.40. The quantitative estimate of drug-likeness (QED) is 0.373. The SMILES string of the molecule is C=C(C)CNC(=NCC(O)c1ccc(Cl)c(F)c1)NCCc1ccco1. The molecule has 1 unspecified atom stereocenters. The summed E-state index contributed by atoms with van der Waals surface area (Å²) < 4.78 is 18.8. The van der Waals surface area contributed by atoms with Gasteiger partial charge in [0, 0.05) is 19.5 Å². The van der Waals surface area contributed by atoms with Crippen LogP contribution in [0.2, 0.25) is 5.02 Å². The van der Waals surface area contributed by atoms with E-state index < -0.39 is 11.9 Å². The molecule has 0 bridgehead atoms. The summed E-state index contributed by atoms with van der Waals surface area (Å²) in [5, 5.41) is 16.6. The molecule has 0 aliphatic heterocycles. The first-order valence-electron chi connectivity index (χ1n) is 8.27. The van der Waals surface area contributed by atoms with Crippen molar-refractivity contribution < 1.29 is 13.9 Å². The maximum Gasteiger partial charge on any atom is 0.191 e. The third-order valence-corrected chi connectivity index (χ3v) is 3.86. The van der Waals surface area contributed by atoms with Gasteiger partial charge >= 0.3 is 0 Å². The number of furan rings is 1. The van der Waals surface area contributed by atoms with E-state index in [2.05, 4.69) is 22.2 Å². The number of nitrogens with one attached hydrogen (secondary N) is 2. The third-order valence-electron chi connectivity index (χ3n) is 3.55. The number of hydrogen-bond donors (Lipinski definition) is 3. The molecule has 0 fully saturated rings. The Morgan fingerprint density at radius 1 is 1.38 bits per heavy atom. The van der Waals surface area contributed by atoms with Gasteiger partial charge < -0.3 is 20.2 Å². The van der Waals surface area contributed by atoms with Gasteiger partial charge in [0.2, 0.25) is 0 Å². The van der Waals surface area contributed by atoms with Crippen LogP contribution in [0.1, 0.15) is 24.4 Å². The van der Waals surface area contributed by atoms with Crippen LogP contribution in [0.15, 0.2) is 58.2 Å². The lowest BCUT2D eigenvalue weighted by atomic mass is 10.1. The van der Waals surface area contributed by atoms with Gasteiger partial charge in [-0.2, -0.15) is 0 Å². The van der Waals surface area contributed by atoms with Crippen molar-refractivity contribution in [3.05, 3.63) is 70.9 Å². The number of aliphatic imine (C=N–C) groups is 1. The minimum Gasteiger partial charge on any atom is -0.469 e. The lowest BCUT2D eigenvalue weighted by Gasteiger charge is -2.14. The molecule has 3 N–H and O–H groups in total. The van der Waals surface area contributed by atoms with Crippen LogP contribution < -0.4 is 10.6 Å². The first-order chi connectivity index (χ1) is 12.5. The van der Waals surface area contributed by atoms with E-state index in [-0.39, 0.29) is 11.6 Å². The molecule has 140 valence electrons. The second kappa shape index (κ2) is 9.99.